The Hall–Kier alpha value is -3.88. The lowest BCUT2D eigenvalue weighted by molar-refractivity contribution is -0.156. The molecule has 1 fully saturated rings. The van der Waals surface area contributed by atoms with Crippen molar-refractivity contribution in [2.45, 2.75) is 25.1 Å². The first kappa shape index (κ1) is 21.4. The van der Waals surface area contributed by atoms with E-state index in [9.17, 15) is 14.4 Å². The summed E-state index contributed by atoms with van der Waals surface area (Å²) in [7, 11) is 4.76. The van der Waals surface area contributed by atoms with Crippen molar-refractivity contribution in [1.82, 2.24) is 14.7 Å². The smallest absolute Gasteiger partial charge is 0.328 e. The van der Waals surface area contributed by atoms with E-state index in [4.69, 9.17) is 14.2 Å². The van der Waals surface area contributed by atoms with Crippen LogP contribution >= 0.6 is 0 Å². The number of amides is 1. The molecule has 1 aliphatic heterocycles. The molecule has 9 heteroatoms. The third-order valence-corrected chi connectivity index (χ3v) is 5.60. The van der Waals surface area contributed by atoms with Crippen molar-refractivity contribution in [1.29, 1.82) is 0 Å². The van der Waals surface area contributed by atoms with Gasteiger partial charge < -0.3 is 19.1 Å². The van der Waals surface area contributed by atoms with Gasteiger partial charge in [-0.1, -0.05) is 18.2 Å². The van der Waals surface area contributed by atoms with Gasteiger partial charge in [0.1, 0.15) is 18.0 Å². The minimum atomic E-state index is -0.953. The van der Waals surface area contributed by atoms with Crippen LogP contribution in [0.4, 0.5) is 0 Å². The van der Waals surface area contributed by atoms with Crippen molar-refractivity contribution >= 4 is 22.6 Å². The van der Waals surface area contributed by atoms with Crippen LogP contribution in [-0.2, 0) is 20.9 Å². The first-order valence-electron chi connectivity index (χ1n) is 10.0. The summed E-state index contributed by atoms with van der Waals surface area (Å²) < 4.78 is 17.1. The van der Waals surface area contributed by atoms with E-state index in [-0.39, 0.29) is 24.9 Å². The number of aromatic nitrogens is 2. The molecule has 0 bridgehead atoms. The Kier molecular flexibility index (Phi) is 5.81. The fraction of sp³-hybridized carbons (Fsp3) is 0.304. The molecule has 166 valence electrons. The third-order valence-electron chi connectivity index (χ3n) is 5.60. The minimum Gasteiger partial charge on any atom is -0.497 e. The van der Waals surface area contributed by atoms with Gasteiger partial charge in [-0.2, -0.15) is 5.10 Å². The molecule has 9 nitrogen and oxygen atoms in total. The largest absolute Gasteiger partial charge is 0.497 e. The van der Waals surface area contributed by atoms with Gasteiger partial charge in [0.15, 0.2) is 6.10 Å². The Morgan fingerprint density at radius 1 is 1.09 bits per heavy atom. The Labute approximate surface area is 184 Å². The zero-order chi connectivity index (χ0) is 22.8. The summed E-state index contributed by atoms with van der Waals surface area (Å²) in [6.07, 6.45) is 0.841. The number of esters is 1. The predicted molar refractivity (Wildman–Crippen MR) is 116 cm³/mol. The van der Waals surface area contributed by atoms with E-state index in [1.807, 2.05) is 12.1 Å². The second-order valence-electron chi connectivity index (χ2n) is 7.52. The molecule has 0 N–H and O–H groups in total. The van der Waals surface area contributed by atoms with Crippen LogP contribution in [0.2, 0.25) is 0 Å². The number of rotatable bonds is 6. The number of nitrogens with zero attached hydrogens (tertiary/aromatic N) is 3. The standard InChI is InChI=1S/C23H23N3O6/c1-25-19(15-8-16(30-2)10-17(9-15)31-3)11-20(23(25)29)32-21(27)13-26-22(28)18-7-5-4-6-14(18)12-24-26/h4-10,12,19-20H,11,13H2,1-3H3. The molecule has 1 amide bonds. The first-order chi connectivity index (χ1) is 15.4. The highest BCUT2D eigenvalue weighted by atomic mass is 16.5. The van der Waals surface area contributed by atoms with Crippen LogP contribution in [0.5, 0.6) is 11.5 Å². The van der Waals surface area contributed by atoms with E-state index in [0.717, 1.165) is 10.2 Å². The van der Waals surface area contributed by atoms with Crippen molar-refractivity contribution in [3.05, 3.63) is 64.6 Å². The summed E-state index contributed by atoms with van der Waals surface area (Å²) in [4.78, 5) is 39.4. The fourth-order valence-electron chi connectivity index (χ4n) is 3.88. The summed E-state index contributed by atoms with van der Waals surface area (Å²) in [6, 6.07) is 12.1. The lowest BCUT2D eigenvalue weighted by Gasteiger charge is -2.20. The lowest BCUT2D eigenvalue weighted by atomic mass is 10.0. The van der Waals surface area contributed by atoms with Crippen LogP contribution in [0.3, 0.4) is 0 Å². The number of ether oxygens (including phenoxy) is 3. The normalized spacial score (nSPS) is 18.1. The maximum absolute atomic E-state index is 12.7. The third kappa shape index (κ3) is 4.01. The molecule has 0 saturated carbocycles. The van der Waals surface area contributed by atoms with Crippen molar-refractivity contribution in [2.75, 3.05) is 21.3 Å². The number of carbonyl (C=O) groups excluding carboxylic acids is 2. The highest BCUT2D eigenvalue weighted by molar-refractivity contribution is 5.86. The molecule has 1 aliphatic rings. The quantitative estimate of drug-likeness (QED) is 0.543. The molecule has 2 atom stereocenters. The molecular weight excluding hydrogens is 414 g/mol. The van der Waals surface area contributed by atoms with Crippen molar-refractivity contribution in [3.63, 3.8) is 0 Å². The maximum atomic E-state index is 12.7. The van der Waals surface area contributed by atoms with E-state index < -0.39 is 17.6 Å². The summed E-state index contributed by atoms with van der Waals surface area (Å²) >= 11 is 0. The van der Waals surface area contributed by atoms with E-state index in [1.165, 1.54) is 11.1 Å². The fourth-order valence-corrected chi connectivity index (χ4v) is 3.88. The van der Waals surface area contributed by atoms with Gasteiger partial charge in [-0.3, -0.25) is 14.4 Å². The summed E-state index contributed by atoms with van der Waals surface area (Å²) in [5.41, 5.74) is 0.416. The van der Waals surface area contributed by atoms with Crippen LogP contribution in [-0.4, -0.2) is 53.9 Å². The summed E-state index contributed by atoms with van der Waals surface area (Å²) in [6.45, 7) is -0.380. The highest BCUT2D eigenvalue weighted by Crippen LogP contribution is 2.36. The Morgan fingerprint density at radius 2 is 1.78 bits per heavy atom. The molecule has 0 spiro atoms. The number of methoxy groups -OCH3 is 2. The van der Waals surface area contributed by atoms with Crippen molar-refractivity contribution in [3.8, 4) is 11.5 Å². The number of likely N-dealkylation sites (tertiary alicyclic amines) is 1. The van der Waals surface area contributed by atoms with Gasteiger partial charge in [0.05, 0.1) is 31.8 Å². The number of fused-ring (bicyclic) bond motifs is 1. The van der Waals surface area contributed by atoms with Gasteiger partial charge in [0.2, 0.25) is 0 Å². The summed E-state index contributed by atoms with van der Waals surface area (Å²) in [5, 5.41) is 5.18. The molecule has 4 rings (SSSR count). The number of benzene rings is 2. The molecule has 0 radical (unpaired) electrons. The van der Waals surface area contributed by atoms with Crippen molar-refractivity contribution in [2.24, 2.45) is 0 Å². The van der Waals surface area contributed by atoms with E-state index in [0.29, 0.717) is 22.3 Å². The molecule has 32 heavy (non-hydrogen) atoms. The highest BCUT2D eigenvalue weighted by Gasteiger charge is 2.41. The molecule has 0 aliphatic carbocycles. The molecule has 2 aromatic carbocycles. The Balaban J connectivity index is 1.49. The Morgan fingerprint density at radius 3 is 2.47 bits per heavy atom. The minimum absolute atomic E-state index is 0.275. The summed E-state index contributed by atoms with van der Waals surface area (Å²) in [5.74, 6) is 0.180. The van der Waals surface area contributed by atoms with E-state index in [2.05, 4.69) is 5.10 Å². The van der Waals surface area contributed by atoms with Gasteiger partial charge in [0, 0.05) is 24.9 Å². The van der Waals surface area contributed by atoms with Gasteiger partial charge in [-0.05, 0) is 23.8 Å². The molecular formula is C23H23N3O6. The van der Waals surface area contributed by atoms with Crippen LogP contribution in [0.15, 0.2) is 53.5 Å². The molecule has 1 aromatic heterocycles. The van der Waals surface area contributed by atoms with Crippen molar-refractivity contribution < 1.29 is 23.8 Å². The number of hydrogen-bond donors (Lipinski definition) is 0. The average Bonchev–Trinajstić information content (AvgIpc) is 3.09. The van der Waals surface area contributed by atoms with Crippen LogP contribution in [0.25, 0.3) is 10.8 Å². The Bertz CT molecular complexity index is 1220. The van der Waals surface area contributed by atoms with Gasteiger partial charge in [-0.15, -0.1) is 0 Å². The second kappa shape index (κ2) is 8.70. The number of carbonyl (C=O) groups is 2. The molecule has 2 heterocycles. The monoisotopic (exact) mass is 437 g/mol. The molecule has 2 unspecified atom stereocenters. The predicted octanol–water partition coefficient (Wildman–Crippen LogP) is 1.93. The maximum Gasteiger partial charge on any atom is 0.328 e. The molecule has 1 saturated heterocycles. The number of hydrogen-bond acceptors (Lipinski definition) is 7. The number of likely N-dealkylation sites (N-methyl/N-ethyl adjacent to an activating group) is 1. The SMILES string of the molecule is COc1cc(OC)cc(C2CC(OC(=O)Cn3ncc4ccccc4c3=O)C(=O)N2C)c1. The zero-order valence-electron chi connectivity index (χ0n) is 18.0. The average molecular weight is 437 g/mol. The van der Waals surface area contributed by atoms with Crippen LogP contribution in [0, 0.1) is 0 Å². The van der Waals surface area contributed by atoms with Gasteiger partial charge in [0.25, 0.3) is 11.5 Å². The lowest BCUT2D eigenvalue weighted by Crippen LogP contribution is -2.33. The first-order valence-corrected chi connectivity index (χ1v) is 10.0. The van der Waals surface area contributed by atoms with Crippen LogP contribution in [0.1, 0.15) is 18.0 Å². The van der Waals surface area contributed by atoms with Gasteiger partial charge >= 0.3 is 5.97 Å². The molecule has 3 aromatic rings. The topological polar surface area (TPSA) is 100.0 Å². The van der Waals surface area contributed by atoms with E-state index >= 15 is 0 Å². The zero-order valence-corrected chi connectivity index (χ0v) is 18.0. The van der Waals surface area contributed by atoms with E-state index in [1.54, 1.807) is 51.6 Å². The van der Waals surface area contributed by atoms with Gasteiger partial charge in [-0.25, -0.2) is 4.68 Å². The van der Waals surface area contributed by atoms with Crippen LogP contribution < -0.4 is 15.0 Å². The second-order valence-corrected chi connectivity index (χ2v) is 7.52.